The SMILES string of the molecule is C=C(CCC)SCc1ccccc1. The van der Waals surface area contributed by atoms with Gasteiger partial charge in [0.2, 0.25) is 0 Å². The molecule has 13 heavy (non-hydrogen) atoms. The lowest BCUT2D eigenvalue weighted by atomic mass is 10.2. The smallest absolute Gasteiger partial charge is 0.0228 e. The van der Waals surface area contributed by atoms with E-state index in [1.807, 2.05) is 11.8 Å². The normalized spacial score (nSPS) is 9.92. The summed E-state index contributed by atoms with van der Waals surface area (Å²) in [6.45, 7) is 6.21. The highest BCUT2D eigenvalue weighted by Crippen LogP contribution is 2.22. The molecule has 1 aromatic rings. The van der Waals surface area contributed by atoms with Crippen LogP contribution in [0.25, 0.3) is 0 Å². The monoisotopic (exact) mass is 192 g/mol. The van der Waals surface area contributed by atoms with E-state index in [0.717, 1.165) is 12.2 Å². The summed E-state index contributed by atoms with van der Waals surface area (Å²) in [5, 5.41) is 0. The average molecular weight is 192 g/mol. The zero-order valence-corrected chi connectivity index (χ0v) is 8.94. The maximum Gasteiger partial charge on any atom is 0.0228 e. The lowest BCUT2D eigenvalue weighted by Crippen LogP contribution is -1.80. The first kappa shape index (κ1) is 10.4. The van der Waals surface area contributed by atoms with Gasteiger partial charge in [-0.2, -0.15) is 0 Å². The van der Waals surface area contributed by atoms with Crippen LogP contribution in [0.5, 0.6) is 0 Å². The molecule has 0 aliphatic rings. The third-order valence-corrected chi connectivity index (χ3v) is 2.90. The Hall–Kier alpha value is -0.690. The Balaban J connectivity index is 2.31. The summed E-state index contributed by atoms with van der Waals surface area (Å²) in [6, 6.07) is 10.5. The third kappa shape index (κ3) is 4.18. The molecule has 0 aromatic heterocycles. The van der Waals surface area contributed by atoms with Gasteiger partial charge in [0, 0.05) is 5.75 Å². The van der Waals surface area contributed by atoms with E-state index in [1.165, 1.54) is 16.9 Å². The molecule has 0 amide bonds. The lowest BCUT2D eigenvalue weighted by molar-refractivity contribution is 0.950. The Labute approximate surface area is 85.1 Å². The van der Waals surface area contributed by atoms with Crippen LogP contribution in [0.4, 0.5) is 0 Å². The van der Waals surface area contributed by atoms with Crippen LogP contribution in [0, 0.1) is 0 Å². The molecule has 0 nitrogen and oxygen atoms in total. The van der Waals surface area contributed by atoms with Crippen LogP contribution in [0.3, 0.4) is 0 Å². The number of hydrogen-bond acceptors (Lipinski definition) is 1. The maximum atomic E-state index is 4.02. The maximum absolute atomic E-state index is 4.02. The van der Waals surface area contributed by atoms with E-state index in [4.69, 9.17) is 0 Å². The van der Waals surface area contributed by atoms with Crippen LogP contribution >= 0.6 is 11.8 Å². The molecule has 0 unspecified atom stereocenters. The van der Waals surface area contributed by atoms with Gasteiger partial charge in [0.05, 0.1) is 0 Å². The van der Waals surface area contributed by atoms with E-state index in [1.54, 1.807) is 0 Å². The second kappa shape index (κ2) is 5.87. The fourth-order valence-electron chi connectivity index (χ4n) is 1.11. The van der Waals surface area contributed by atoms with Crippen LogP contribution in [-0.4, -0.2) is 0 Å². The van der Waals surface area contributed by atoms with Gasteiger partial charge in [-0.25, -0.2) is 0 Å². The van der Waals surface area contributed by atoms with Gasteiger partial charge in [0.15, 0.2) is 0 Å². The molecule has 0 saturated carbocycles. The van der Waals surface area contributed by atoms with Crippen molar-refractivity contribution in [3.8, 4) is 0 Å². The van der Waals surface area contributed by atoms with E-state index in [-0.39, 0.29) is 0 Å². The Morgan fingerprint density at radius 3 is 2.62 bits per heavy atom. The highest BCUT2D eigenvalue weighted by atomic mass is 32.2. The Bertz CT molecular complexity index is 251. The molecule has 0 atom stereocenters. The summed E-state index contributed by atoms with van der Waals surface area (Å²) in [4.78, 5) is 1.30. The van der Waals surface area contributed by atoms with Crippen molar-refractivity contribution in [3.63, 3.8) is 0 Å². The standard InChI is InChI=1S/C12H16S/c1-3-7-11(2)13-10-12-8-5-4-6-9-12/h4-6,8-9H,2-3,7,10H2,1H3. The number of allylic oxidation sites excluding steroid dienone is 1. The van der Waals surface area contributed by atoms with E-state index < -0.39 is 0 Å². The average Bonchev–Trinajstić information content (AvgIpc) is 2.17. The van der Waals surface area contributed by atoms with Gasteiger partial charge >= 0.3 is 0 Å². The van der Waals surface area contributed by atoms with Gasteiger partial charge in [-0.15, -0.1) is 11.8 Å². The minimum absolute atomic E-state index is 1.06. The Morgan fingerprint density at radius 2 is 2.00 bits per heavy atom. The molecule has 0 saturated heterocycles. The molecule has 0 heterocycles. The minimum Gasteiger partial charge on any atom is -0.126 e. The van der Waals surface area contributed by atoms with Crippen molar-refractivity contribution in [2.45, 2.75) is 25.5 Å². The minimum atomic E-state index is 1.06. The molecular formula is C12H16S. The second-order valence-corrected chi connectivity index (χ2v) is 4.22. The van der Waals surface area contributed by atoms with Crippen molar-refractivity contribution in [2.24, 2.45) is 0 Å². The topological polar surface area (TPSA) is 0 Å². The van der Waals surface area contributed by atoms with Crippen LogP contribution in [0.15, 0.2) is 41.8 Å². The summed E-state index contributed by atoms with van der Waals surface area (Å²) in [6.07, 6.45) is 2.33. The van der Waals surface area contributed by atoms with Gasteiger partial charge in [-0.05, 0) is 16.9 Å². The first-order valence-electron chi connectivity index (χ1n) is 4.67. The molecule has 1 heteroatoms. The van der Waals surface area contributed by atoms with E-state index in [9.17, 15) is 0 Å². The molecule has 1 aromatic carbocycles. The number of rotatable bonds is 5. The van der Waals surface area contributed by atoms with E-state index in [0.29, 0.717) is 0 Å². The largest absolute Gasteiger partial charge is 0.126 e. The summed E-state index contributed by atoms with van der Waals surface area (Å²) in [7, 11) is 0. The summed E-state index contributed by atoms with van der Waals surface area (Å²) in [5.41, 5.74) is 1.38. The predicted octanol–water partition coefficient (Wildman–Crippen LogP) is 4.23. The van der Waals surface area contributed by atoms with Crippen LogP contribution in [-0.2, 0) is 5.75 Å². The molecule has 1 rings (SSSR count). The number of benzene rings is 1. The summed E-state index contributed by atoms with van der Waals surface area (Å²) in [5.74, 6) is 1.06. The quantitative estimate of drug-likeness (QED) is 0.672. The molecule has 0 fully saturated rings. The summed E-state index contributed by atoms with van der Waals surface area (Å²) < 4.78 is 0. The molecule has 0 aliphatic heterocycles. The number of thioether (sulfide) groups is 1. The molecule has 0 N–H and O–H groups in total. The van der Waals surface area contributed by atoms with E-state index >= 15 is 0 Å². The number of hydrogen-bond donors (Lipinski definition) is 0. The van der Waals surface area contributed by atoms with Gasteiger partial charge in [0.1, 0.15) is 0 Å². The Kier molecular flexibility index (Phi) is 4.69. The zero-order chi connectivity index (χ0) is 9.52. The van der Waals surface area contributed by atoms with Crippen LogP contribution < -0.4 is 0 Å². The van der Waals surface area contributed by atoms with Gasteiger partial charge in [-0.1, -0.05) is 50.3 Å². The third-order valence-electron chi connectivity index (χ3n) is 1.81. The highest BCUT2D eigenvalue weighted by molar-refractivity contribution is 8.02. The van der Waals surface area contributed by atoms with Gasteiger partial charge in [-0.3, -0.25) is 0 Å². The Morgan fingerprint density at radius 1 is 1.31 bits per heavy atom. The van der Waals surface area contributed by atoms with Crippen molar-refractivity contribution in [2.75, 3.05) is 0 Å². The van der Waals surface area contributed by atoms with Gasteiger partial charge in [0.25, 0.3) is 0 Å². The van der Waals surface area contributed by atoms with E-state index in [2.05, 4.69) is 43.8 Å². The predicted molar refractivity (Wildman–Crippen MR) is 61.8 cm³/mol. The molecule has 70 valence electrons. The van der Waals surface area contributed by atoms with Crippen molar-refractivity contribution < 1.29 is 0 Å². The molecule has 0 bridgehead atoms. The molecule has 0 radical (unpaired) electrons. The fourth-order valence-corrected chi connectivity index (χ4v) is 2.02. The van der Waals surface area contributed by atoms with Crippen molar-refractivity contribution in [1.82, 2.24) is 0 Å². The molecule has 0 aliphatic carbocycles. The second-order valence-electron chi connectivity index (χ2n) is 3.06. The first-order chi connectivity index (χ1) is 6.33. The first-order valence-corrected chi connectivity index (χ1v) is 5.66. The fraction of sp³-hybridized carbons (Fsp3) is 0.333. The van der Waals surface area contributed by atoms with Crippen molar-refractivity contribution >= 4 is 11.8 Å². The van der Waals surface area contributed by atoms with Crippen LogP contribution in [0.1, 0.15) is 25.3 Å². The summed E-state index contributed by atoms with van der Waals surface area (Å²) >= 11 is 1.86. The molecular weight excluding hydrogens is 176 g/mol. The zero-order valence-electron chi connectivity index (χ0n) is 8.12. The van der Waals surface area contributed by atoms with Crippen molar-refractivity contribution in [3.05, 3.63) is 47.4 Å². The molecule has 0 spiro atoms. The lowest BCUT2D eigenvalue weighted by Gasteiger charge is -2.03. The van der Waals surface area contributed by atoms with Crippen molar-refractivity contribution in [1.29, 1.82) is 0 Å². The van der Waals surface area contributed by atoms with Crippen LogP contribution in [0.2, 0.25) is 0 Å². The van der Waals surface area contributed by atoms with Gasteiger partial charge < -0.3 is 0 Å². The highest BCUT2D eigenvalue weighted by Gasteiger charge is 1.95.